The van der Waals surface area contributed by atoms with Crippen molar-refractivity contribution in [3.8, 4) is 5.75 Å². The normalized spacial score (nSPS) is 16.6. The summed E-state index contributed by atoms with van der Waals surface area (Å²) >= 11 is 4.86. The number of hydrogen-bond acceptors (Lipinski definition) is 2. The van der Waals surface area contributed by atoms with Gasteiger partial charge in [-0.05, 0) is 12.8 Å². The highest BCUT2D eigenvalue weighted by atomic mass is 32.1. The van der Waals surface area contributed by atoms with Gasteiger partial charge in [0, 0.05) is 30.0 Å². The lowest BCUT2D eigenvalue weighted by Gasteiger charge is -2.15. The van der Waals surface area contributed by atoms with E-state index in [1.54, 1.807) is 0 Å². The summed E-state index contributed by atoms with van der Waals surface area (Å²) in [6, 6.07) is 3.15. The van der Waals surface area contributed by atoms with Crippen molar-refractivity contribution in [1.82, 2.24) is 0 Å². The fourth-order valence-electron chi connectivity index (χ4n) is 1.77. The van der Waals surface area contributed by atoms with Crippen LogP contribution in [0.15, 0.2) is 18.2 Å². The van der Waals surface area contributed by atoms with Gasteiger partial charge < -0.3 is 10.5 Å². The van der Waals surface area contributed by atoms with E-state index in [-0.39, 0.29) is 11.2 Å². The zero-order valence-corrected chi connectivity index (χ0v) is 10.0. The van der Waals surface area contributed by atoms with Gasteiger partial charge in [0.25, 0.3) is 0 Å². The molecule has 0 amide bonds. The second-order valence-corrected chi connectivity index (χ2v) is 5.06. The number of hydrogen-bond donors (Lipinski definition) is 1. The largest absolute Gasteiger partial charge is 0.493 e. The molecule has 2 nitrogen and oxygen atoms in total. The van der Waals surface area contributed by atoms with Crippen molar-refractivity contribution in [3.63, 3.8) is 0 Å². The van der Waals surface area contributed by atoms with E-state index in [9.17, 15) is 8.78 Å². The van der Waals surface area contributed by atoms with Crippen molar-refractivity contribution < 1.29 is 13.5 Å². The minimum Gasteiger partial charge on any atom is -0.493 e. The molecule has 1 aliphatic carbocycles. The maximum Gasteiger partial charge on any atom is 0.129 e. The van der Waals surface area contributed by atoms with Gasteiger partial charge in [0.2, 0.25) is 0 Å². The first-order chi connectivity index (χ1) is 7.99. The summed E-state index contributed by atoms with van der Waals surface area (Å²) in [5.41, 5.74) is 5.47. The van der Waals surface area contributed by atoms with Crippen LogP contribution in [0.5, 0.6) is 5.75 Å². The van der Waals surface area contributed by atoms with Gasteiger partial charge in [-0.2, -0.15) is 0 Å². The Morgan fingerprint density at radius 2 is 1.88 bits per heavy atom. The van der Waals surface area contributed by atoms with Crippen LogP contribution in [0.3, 0.4) is 0 Å². The summed E-state index contributed by atoms with van der Waals surface area (Å²) in [5, 5.41) is 0. The van der Waals surface area contributed by atoms with Gasteiger partial charge in [0.1, 0.15) is 17.4 Å². The summed E-state index contributed by atoms with van der Waals surface area (Å²) in [6.45, 7) is 0.396. The van der Waals surface area contributed by atoms with Crippen molar-refractivity contribution in [2.45, 2.75) is 19.3 Å². The molecule has 2 N–H and O–H groups in total. The molecular weight excluding hydrogens is 244 g/mol. The van der Waals surface area contributed by atoms with Crippen LogP contribution >= 0.6 is 12.2 Å². The molecule has 1 saturated carbocycles. The molecule has 0 aromatic heterocycles. The van der Waals surface area contributed by atoms with Gasteiger partial charge in [-0.3, -0.25) is 0 Å². The highest BCUT2D eigenvalue weighted by Crippen LogP contribution is 2.49. The minimum atomic E-state index is -0.640. The lowest BCUT2D eigenvalue weighted by atomic mass is 10.0. The molecule has 0 heterocycles. The van der Waals surface area contributed by atoms with Crippen LogP contribution < -0.4 is 10.5 Å². The monoisotopic (exact) mass is 257 g/mol. The first-order valence-electron chi connectivity index (χ1n) is 5.36. The number of rotatable bonds is 5. The second kappa shape index (κ2) is 4.56. The Morgan fingerprint density at radius 3 is 2.35 bits per heavy atom. The Labute approximate surface area is 104 Å². The predicted octanol–water partition coefficient (Wildman–Crippen LogP) is 2.80. The Kier molecular flexibility index (Phi) is 3.28. The average Bonchev–Trinajstić information content (AvgIpc) is 2.93. The van der Waals surface area contributed by atoms with Crippen LogP contribution in [0.1, 0.15) is 19.3 Å². The van der Waals surface area contributed by atoms with Crippen LogP contribution in [0.4, 0.5) is 8.78 Å². The van der Waals surface area contributed by atoms with Crippen molar-refractivity contribution in [3.05, 3.63) is 29.8 Å². The van der Waals surface area contributed by atoms with Crippen LogP contribution in [-0.4, -0.2) is 11.6 Å². The summed E-state index contributed by atoms with van der Waals surface area (Å²) < 4.78 is 31.2. The average molecular weight is 257 g/mol. The molecule has 1 aliphatic rings. The third kappa shape index (κ3) is 3.36. The van der Waals surface area contributed by atoms with E-state index < -0.39 is 11.6 Å². The molecular formula is C12H13F2NOS. The van der Waals surface area contributed by atoms with Crippen molar-refractivity contribution in [2.24, 2.45) is 11.1 Å². The molecule has 0 spiro atoms. The Balaban J connectivity index is 1.96. The SMILES string of the molecule is NC(=S)CC1(COc2cc(F)cc(F)c2)CC1. The molecule has 5 heteroatoms. The second-order valence-electron chi connectivity index (χ2n) is 4.54. The Hall–Kier alpha value is -1.23. The van der Waals surface area contributed by atoms with E-state index in [1.807, 2.05) is 0 Å². The molecule has 0 bridgehead atoms. The molecule has 17 heavy (non-hydrogen) atoms. The molecule has 0 atom stereocenters. The summed E-state index contributed by atoms with van der Waals surface area (Å²) in [4.78, 5) is 0.455. The van der Waals surface area contributed by atoms with Crippen LogP contribution in [-0.2, 0) is 0 Å². The first-order valence-corrected chi connectivity index (χ1v) is 5.77. The fourth-order valence-corrected chi connectivity index (χ4v) is 2.07. The molecule has 1 aromatic carbocycles. The zero-order valence-electron chi connectivity index (χ0n) is 9.21. The number of benzene rings is 1. The summed E-state index contributed by atoms with van der Waals surface area (Å²) in [6.07, 6.45) is 2.60. The highest BCUT2D eigenvalue weighted by Gasteiger charge is 2.43. The van der Waals surface area contributed by atoms with Gasteiger partial charge in [0.15, 0.2) is 0 Å². The summed E-state index contributed by atoms with van der Waals surface area (Å²) in [7, 11) is 0. The van der Waals surface area contributed by atoms with E-state index >= 15 is 0 Å². The standard InChI is InChI=1S/C12H13F2NOS/c13-8-3-9(14)5-10(4-8)16-7-12(1-2-12)6-11(15)17/h3-5H,1-2,6-7H2,(H2,15,17). The third-order valence-electron chi connectivity index (χ3n) is 2.89. The minimum absolute atomic E-state index is 0.0192. The van der Waals surface area contributed by atoms with Crippen LogP contribution in [0, 0.1) is 17.0 Å². The maximum atomic E-state index is 12.9. The van der Waals surface area contributed by atoms with Crippen LogP contribution in [0.25, 0.3) is 0 Å². The van der Waals surface area contributed by atoms with Gasteiger partial charge in [-0.1, -0.05) is 12.2 Å². The molecule has 2 rings (SSSR count). The molecule has 0 saturated heterocycles. The zero-order chi connectivity index (χ0) is 12.5. The number of thiocarbonyl (C=S) groups is 1. The van der Waals surface area contributed by atoms with Gasteiger partial charge in [-0.15, -0.1) is 0 Å². The van der Waals surface area contributed by atoms with Gasteiger partial charge in [0.05, 0.1) is 11.6 Å². The topological polar surface area (TPSA) is 35.2 Å². The predicted molar refractivity (Wildman–Crippen MR) is 64.9 cm³/mol. The lowest BCUT2D eigenvalue weighted by molar-refractivity contribution is 0.237. The van der Waals surface area contributed by atoms with E-state index in [0.717, 1.165) is 18.9 Å². The maximum absolute atomic E-state index is 12.9. The Morgan fingerprint density at radius 1 is 1.29 bits per heavy atom. The fraction of sp³-hybridized carbons (Fsp3) is 0.417. The Bertz CT molecular complexity index is 426. The number of halogens is 2. The van der Waals surface area contributed by atoms with E-state index in [4.69, 9.17) is 22.7 Å². The third-order valence-corrected chi connectivity index (χ3v) is 3.03. The van der Waals surface area contributed by atoms with Crippen LogP contribution in [0.2, 0.25) is 0 Å². The molecule has 0 unspecified atom stereocenters. The molecule has 1 fully saturated rings. The van der Waals surface area contributed by atoms with Gasteiger partial charge in [-0.25, -0.2) is 8.78 Å². The number of ether oxygens (including phenoxy) is 1. The van der Waals surface area contributed by atoms with Crippen molar-refractivity contribution in [1.29, 1.82) is 0 Å². The van der Waals surface area contributed by atoms with E-state index in [2.05, 4.69) is 0 Å². The van der Waals surface area contributed by atoms with Gasteiger partial charge >= 0.3 is 0 Å². The summed E-state index contributed by atoms with van der Waals surface area (Å²) in [5.74, 6) is -1.07. The van der Waals surface area contributed by atoms with E-state index in [1.165, 1.54) is 12.1 Å². The number of nitrogens with two attached hydrogens (primary N) is 1. The molecule has 1 aromatic rings. The van der Waals surface area contributed by atoms with Crippen molar-refractivity contribution >= 4 is 17.2 Å². The molecule has 0 radical (unpaired) electrons. The smallest absolute Gasteiger partial charge is 0.129 e. The molecule has 0 aliphatic heterocycles. The highest BCUT2D eigenvalue weighted by molar-refractivity contribution is 7.80. The quantitative estimate of drug-likeness (QED) is 0.824. The van der Waals surface area contributed by atoms with Crippen molar-refractivity contribution in [2.75, 3.05) is 6.61 Å². The van der Waals surface area contributed by atoms with E-state index in [0.29, 0.717) is 18.0 Å². The first kappa shape index (κ1) is 12.2. The lowest BCUT2D eigenvalue weighted by Crippen LogP contribution is -2.21. The molecule has 92 valence electrons.